The molecule has 61 heavy (non-hydrogen) atoms. The van der Waals surface area contributed by atoms with Gasteiger partial charge in [0.05, 0.1) is 18.6 Å². The average molecular weight is 827 g/mol. The average Bonchev–Trinajstić information content (AvgIpc) is 3.26. The first-order chi connectivity index (χ1) is 29.6. The van der Waals surface area contributed by atoms with Gasteiger partial charge in [-0.1, -0.05) is 117 Å². The maximum absolute atomic E-state index is 14.4. The van der Waals surface area contributed by atoms with Crippen molar-refractivity contribution >= 4 is 34.6 Å². The zero-order valence-electron chi connectivity index (χ0n) is 35.0. The van der Waals surface area contributed by atoms with Crippen molar-refractivity contribution in [3.05, 3.63) is 150 Å². The van der Waals surface area contributed by atoms with Gasteiger partial charge in [0.2, 0.25) is 17.7 Å². The third kappa shape index (κ3) is 14.0. The topological polar surface area (TPSA) is 162 Å². The van der Waals surface area contributed by atoms with Gasteiger partial charge in [-0.2, -0.15) is 0 Å². The van der Waals surface area contributed by atoms with E-state index in [-0.39, 0.29) is 43.7 Å². The molecular weight excluding hydrogens is 769 g/mol. The van der Waals surface area contributed by atoms with Crippen LogP contribution in [0, 0.1) is 5.92 Å². The summed E-state index contributed by atoms with van der Waals surface area (Å²) in [5, 5.41) is 25.2. The number of aliphatic hydroxyl groups is 1. The molecule has 0 bridgehead atoms. The summed E-state index contributed by atoms with van der Waals surface area (Å²) in [6, 6.07) is 33.6. The Kier molecular flexibility index (Phi) is 16.4. The second kappa shape index (κ2) is 22.5. The number of aromatic nitrogens is 1. The van der Waals surface area contributed by atoms with E-state index in [0.29, 0.717) is 6.42 Å². The highest BCUT2D eigenvalue weighted by atomic mass is 16.5. The summed E-state index contributed by atoms with van der Waals surface area (Å²) in [6.45, 7) is 6.53. The fourth-order valence-electron chi connectivity index (χ4n) is 7.84. The molecule has 5 N–H and O–H groups in total. The number of likely N-dealkylation sites (tertiary alicyclic amines) is 1. The molecule has 2 heterocycles. The first-order valence-corrected chi connectivity index (χ1v) is 21.3. The first kappa shape index (κ1) is 44.4. The highest BCUT2D eigenvalue weighted by Crippen LogP contribution is 2.21. The number of carbonyl (C=O) groups is 4. The van der Waals surface area contributed by atoms with Crippen LogP contribution in [-0.2, 0) is 45.1 Å². The van der Waals surface area contributed by atoms with Crippen LogP contribution in [0.25, 0.3) is 10.8 Å². The van der Waals surface area contributed by atoms with Gasteiger partial charge in [-0.15, -0.1) is 0 Å². The lowest BCUT2D eigenvalue weighted by Gasteiger charge is -2.33. The lowest BCUT2D eigenvalue weighted by molar-refractivity contribution is -0.131. The van der Waals surface area contributed by atoms with Crippen LogP contribution >= 0.6 is 0 Å². The van der Waals surface area contributed by atoms with Crippen molar-refractivity contribution in [2.75, 3.05) is 13.1 Å². The van der Waals surface area contributed by atoms with Crippen LogP contribution in [0.15, 0.2) is 128 Å². The summed E-state index contributed by atoms with van der Waals surface area (Å²) in [5.41, 5.74) is 3.61. The van der Waals surface area contributed by atoms with E-state index in [9.17, 15) is 24.3 Å². The number of amides is 4. The lowest BCUT2D eigenvalue weighted by atomic mass is 9.95. The molecule has 1 fully saturated rings. The molecule has 1 saturated heterocycles. The molecule has 4 amide bonds. The number of aliphatic hydroxyl groups excluding tert-OH is 1. The van der Waals surface area contributed by atoms with Crippen molar-refractivity contribution in [2.45, 2.75) is 95.8 Å². The molecule has 0 spiro atoms. The van der Waals surface area contributed by atoms with Crippen molar-refractivity contribution < 1.29 is 29.0 Å². The zero-order chi connectivity index (χ0) is 43.0. The van der Waals surface area contributed by atoms with E-state index in [1.165, 1.54) is 5.56 Å². The van der Waals surface area contributed by atoms with Gasteiger partial charge >= 0.3 is 6.09 Å². The molecule has 1 aromatic heterocycles. The van der Waals surface area contributed by atoms with Crippen molar-refractivity contribution in [2.24, 2.45) is 5.92 Å². The van der Waals surface area contributed by atoms with Crippen LogP contribution in [0.5, 0.6) is 0 Å². The van der Waals surface area contributed by atoms with Gasteiger partial charge in [0, 0.05) is 50.9 Å². The Balaban J connectivity index is 1.13. The third-order valence-corrected chi connectivity index (χ3v) is 11.1. The second-order valence-electron chi connectivity index (χ2n) is 16.3. The summed E-state index contributed by atoms with van der Waals surface area (Å²) < 4.78 is 5.53. The Bertz CT molecular complexity index is 2160. The van der Waals surface area contributed by atoms with Crippen LogP contribution in [0.3, 0.4) is 0 Å². The predicted molar refractivity (Wildman–Crippen MR) is 236 cm³/mol. The van der Waals surface area contributed by atoms with Crippen LogP contribution < -0.4 is 21.3 Å². The van der Waals surface area contributed by atoms with Crippen molar-refractivity contribution in [3.8, 4) is 0 Å². The Morgan fingerprint density at radius 2 is 1.34 bits per heavy atom. The highest BCUT2D eigenvalue weighted by Gasteiger charge is 2.32. The van der Waals surface area contributed by atoms with E-state index in [1.807, 2.05) is 105 Å². The van der Waals surface area contributed by atoms with Gasteiger partial charge in [-0.05, 0) is 70.3 Å². The molecule has 0 radical (unpaired) electrons. The van der Waals surface area contributed by atoms with Gasteiger partial charge in [-0.25, -0.2) is 4.79 Å². The van der Waals surface area contributed by atoms with Crippen molar-refractivity contribution in [3.63, 3.8) is 0 Å². The van der Waals surface area contributed by atoms with Crippen molar-refractivity contribution in [1.82, 2.24) is 31.2 Å². The number of rotatable bonds is 19. The molecule has 5 aromatic rings. The van der Waals surface area contributed by atoms with Crippen LogP contribution in [0.1, 0.15) is 61.8 Å². The molecule has 12 heteroatoms. The number of benzene rings is 4. The number of carbonyl (C=O) groups excluding carboxylic acids is 4. The quantitative estimate of drug-likeness (QED) is 0.0692. The fraction of sp³-hybridized carbons (Fsp3) is 0.367. The summed E-state index contributed by atoms with van der Waals surface area (Å²) in [5.74, 6) is -1.33. The number of ether oxygens (including phenoxy) is 1. The smallest absolute Gasteiger partial charge is 0.408 e. The van der Waals surface area contributed by atoms with E-state index in [1.54, 1.807) is 24.5 Å². The van der Waals surface area contributed by atoms with E-state index < -0.39 is 42.1 Å². The molecule has 1 aliphatic rings. The number of nitrogens with zero attached hydrogens (tertiary/aromatic N) is 2. The van der Waals surface area contributed by atoms with Gasteiger partial charge in [0.15, 0.2) is 0 Å². The summed E-state index contributed by atoms with van der Waals surface area (Å²) in [7, 11) is 0. The minimum absolute atomic E-state index is 0.00383. The normalized spacial score (nSPS) is 15.3. The molecule has 1 unspecified atom stereocenters. The molecule has 6 rings (SSSR count). The maximum atomic E-state index is 14.4. The minimum atomic E-state index is -1.18. The molecule has 320 valence electrons. The number of alkyl carbamates (subject to hydrolysis) is 1. The molecule has 0 aliphatic carbocycles. The summed E-state index contributed by atoms with van der Waals surface area (Å²) in [6.07, 6.45) is 3.29. The van der Waals surface area contributed by atoms with Crippen LogP contribution in [0.4, 0.5) is 4.79 Å². The van der Waals surface area contributed by atoms with Gasteiger partial charge < -0.3 is 31.1 Å². The highest BCUT2D eigenvalue weighted by molar-refractivity contribution is 5.93. The molecular formula is C49H58N6O6. The summed E-state index contributed by atoms with van der Waals surface area (Å²) >= 11 is 0. The number of hydrogen-bond donors (Lipinski definition) is 5. The molecule has 0 saturated carbocycles. The first-order valence-electron chi connectivity index (χ1n) is 21.3. The number of hydrogen-bond acceptors (Lipinski definition) is 8. The fourth-order valence-corrected chi connectivity index (χ4v) is 7.84. The SMILES string of the molecule is CC(C)C[C@H](NC(=O)C(Cc1ccncc1)NC(=O)[C@H](Cc1cccc2ccccc12)NC(=O)OCc1ccccc1)[C@@H](O)CC(=O)NC1CCN(Cc2ccccc2)CC1. The van der Waals surface area contributed by atoms with Gasteiger partial charge in [0.25, 0.3) is 0 Å². The Labute approximate surface area is 358 Å². The largest absolute Gasteiger partial charge is 0.445 e. The lowest BCUT2D eigenvalue weighted by Crippen LogP contribution is -2.57. The maximum Gasteiger partial charge on any atom is 0.408 e. The zero-order valence-corrected chi connectivity index (χ0v) is 35.0. The minimum Gasteiger partial charge on any atom is -0.445 e. The standard InChI is InChI=1S/C49H58N6O6/c1-34(2)28-42(45(56)31-46(57)51-40-22-26-55(27-23-40)32-36-12-5-3-6-13-36)52-47(58)43(29-35-20-24-50-25-21-35)53-48(59)44(54-49(60)61-33-37-14-7-4-8-15-37)30-39-18-11-17-38-16-9-10-19-41(38)39/h3-21,24-25,34,40,42-45,56H,22-23,26-33H2,1-2H3,(H,51,57)(H,52,58)(H,53,59)(H,54,60)/t42-,43?,44-,45-/m0/s1. The number of fused-ring (bicyclic) bond motifs is 1. The molecule has 4 atom stereocenters. The molecule has 4 aromatic carbocycles. The van der Waals surface area contributed by atoms with Crippen LogP contribution in [0.2, 0.25) is 0 Å². The Morgan fingerprint density at radius 3 is 2.05 bits per heavy atom. The predicted octanol–water partition coefficient (Wildman–Crippen LogP) is 5.86. The monoisotopic (exact) mass is 826 g/mol. The van der Waals surface area contributed by atoms with E-state index in [0.717, 1.165) is 59.9 Å². The van der Waals surface area contributed by atoms with Gasteiger partial charge in [0.1, 0.15) is 18.7 Å². The number of nitrogens with one attached hydrogen (secondary N) is 4. The summed E-state index contributed by atoms with van der Waals surface area (Å²) in [4.78, 5) is 61.7. The van der Waals surface area contributed by atoms with Gasteiger partial charge in [-0.3, -0.25) is 24.3 Å². The van der Waals surface area contributed by atoms with Crippen LogP contribution in [-0.4, -0.2) is 82.2 Å². The number of piperidine rings is 1. The Hall–Kier alpha value is -6.11. The van der Waals surface area contributed by atoms with E-state index in [2.05, 4.69) is 43.3 Å². The van der Waals surface area contributed by atoms with E-state index in [4.69, 9.17) is 4.74 Å². The number of pyridine rings is 1. The molecule has 12 nitrogen and oxygen atoms in total. The Morgan fingerprint density at radius 1 is 0.721 bits per heavy atom. The van der Waals surface area contributed by atoms with E-state index >= 15 is 0 Å². The van der Waals surface area contributed by atoms with Crippen molar-refractivity contribution in [1.29, 1.82) is 0 Å². The third-order valence-electron chi connectivity index (χ3n) is 11.1. The molecule has 1 aliphatic heterocycles. The second-order valence-corrected chi connectivity index (χ2v) is 16.3.